The lowest BCUT2D eigenvalue weighted by Gasteiger charge is -2.10. The normalized spacial score (nSPS) is 10.7. The van der Waals surface area contributed by atoms with Crippen molar-refractivity contribution in [3.8, 4) is 34.3 Å². The van der Waals surface area contributed by atoms with E-state index < -0.39 is 0 Å². The van der Waals surface area contributed by atoms with Gasteiger partial charge in [0.2, 0.25) is 5.89 Å². The summed E-state index contributed by atoms with van der Waals surface area (Å²) in [4.78, 5) is 17.5. The summed E-state index contributed by atoms with van der Waals surface area (Å²) in [6.45, 7) is 2.18. The molecule has 1 aromatic heterocycles. The lowest BCUT2D eigenvalue weighted by Crippen LogP contribution is -2.13. The Hall–Kier alpha value is -4.06. The summed E-state index contributed by atoms with van der Waals surface area (Å²) in [5.74, 6) is 1.95. The number of ether oxygens (including phenoxy) is 2. The quantitative estimate of drug-likeness (QED) is 0.306. The molecule has 6 heteroatoms. The number of rotatable bonds is 9. The summed E-state index contributed by atoms with van der Waals surface area (Å²) in [7, 11) is 3.19. The molecule has 1 N–H and O–H groups in total. The van der Waals surface area contributed by atoms with E-state index in [1.165, 1.54) is 5.56 Å². The van der Waals surface area contributed by atoms with Crippen molar-refractivity contribution in [1.82, 2.24) is 4.98 Å². The Morgan fingerprint density at radius 1 is 0.971 bits per heavy atom. The van der Waals surface area contributed by atoms with Crippen LogP contribution in [-0.2, 0) is 6.42 Å². The standard InChI is InChI=1S/C28H28N2O4/c1-4-5-8-19-11-13-20(14-12-19)30-27(31)22-9-6-7-10-23(22)28-29-18-26(34-28)24-16-15-21(32-2)17-25(24)33-3/h6-7,9-18H,4-5,8H2,1-3H3,(H,30,31). The number of hydrogen-bond donors (Lipinski definition) is 1. The maximum Gasteiger partial charge on any atom is 0.256 e. The highest BCUT2D eigenvalue weighted by atomic mass is 16.5. The first kappa shape index (κ1) is 23.1. The molecule has 0 fully saturated rings. The summed E-state index contributed by atoms with van der Waals surface area (Å²) in [5, 5.41) is 2.98. The number of aromatic nitrogens is 1. The Morgan fingerprint density at radius 3 is 2.50 bits per heavy atom. The van der Waals surface area contributed by atoms with E-state index in [0.717, 1.165) is 30.5 Å². The largest absolute Gasteiger partial charge is 0.497 e. The topological polar surface area (TPSA) is 73.6 Å². The molecule has 1 amide bonds. The van der Waals surface area contributed by atoms with Crippen LogP contribution in [-0.4, -0.2) is 25.1 Å². The van der Waals surface area contributed by atoms with Crippen molar-refractivity contribution >= 4 is 11.6 Å². The van der Waals surface area contributed by atoms with Gasteiger partial charge in [0.05, 0.1) is 31.5 Å². The molecule has 4 rings (SSSR count). The van der Waals surface area contributed by atoms with Crippen LogP contribution in [0.5, 0.6) is 11.5 Å². The number of amides is 1. The summed E-state index contributed by atoms with van der Waals surface area (Å²) in [6.07, 6.45) is 4.98. The van der Waals surface area contributed by atoms with Gasteiger partial charge in [-0.3, -0.25) is 4.79 Å². The summed E-state index contributed by atoms with van der Waals surface area (Å²) in [5.41, 5.74) is 3.84. The Morgan fingerprint density at radius 2 is 1.76 bits per heavy atom. The molecule has 0 unspecified atom stereocenters. The molecule has 0 radical (unpaired) electrons. The molecule has 174 valence electrons. The molecule has 1 heterocycles. The summed E-state index contributed by atoms with van der Waals surface area (Å²) < 4.78 is 16.8. The van der Waals surface area contributed by atoms with Crippen molar-refractivity contribution < 1.29 is 18.7 Å². The van der Waals surface area contributed by atoms with Crippen LogP contribution in [0.1, 0.15) is 35.7 Å². The van der Waals surface area contributed by atoms with E-state index in [-0.39, 0.29) is 5.91 Å². The van der Waals surface area contributed by atoms with Crippen molar-refractivity contribution in [2.24, 2.45) is 0 Å². The van der Waals surface area contributed by atoms with Crippen LogP contribution in [0, 0.1) is 0 Å². The average Bonchev–Trinajstić information content (AvgIpc) is 3.37. The molecule has 0 saturated carbocycles. The highest BCUT2D eigenvalue weighted by Gasteiger charge is 2.18. The van der Waals surface area contributed by atoms with Gasteiger partial charge < -0.3 is 19.2 Å². The van der Waals surface area contributed by atoms with E-state index in [9.17, 15) is 4.79 Å². The molecule has 0 aliphatic rings. The highest BCUT2D eigenvalue weighted by Crippen LogP contribution is 2.35. The van der Waals surface area contributed by atoms with Crippen molar-refractivity contribution in [3.63, 3.8) is 0 Å². The molecular formula is C28H28N2O4. The van der Waals surface area contributed by atoms with Gasteiger partial charge in [0.25, 0.3) is 5.91 Å². The second-order valence-electron chi connectivity index (χ2n) is 7.90. The lowest BCUT2D eigenvalue weighted by molar-refractivity contribution is 0.102. The first-order chi connectivity index (χ1) is 16.6. The molecule has 0 atom stereocenters. The number of oxazole rings is 1. The number of benzene rings is 3. The second kappa shape index (κ2) is 10.7. The Bertz CT molecular complexity index is 1260. The van der Waals surface area contributed by atoms with Crippen LogP contribution in [0.2, 0.25) is 0 Å². The number of anilines is 1. The smallest absolute Gasteiger partial charge is 0.256 e. The van der Waals surface area contributed by atoms with Crippen LogP contribution in [0.4, 0.5) is 5.69 Å². The zero-order valence-corrected chi connectivity index (χ0v) is 19.6. The Kier molecular flexibility index (Phi) is 7.28. The molecule has 0 aliphatic heterocycles. The molecule has 0 spiro atoms. The van der Waals surface area contributed by atoms with E-state index in [1.807, 2.05) is 42.5 Å². The van der Waals surface area contributed by atoms with Crippen LogP contribution >= 0.6 is 0 Å². The molecule has 0 bridgehead atoms. The van der Waals surface area contributed by atoms with Crippen LogP contribution < -0.4 is 14.8 Å². The van der Waals surface area contributed by atoms with Gasteiger partial charge in [0, 0.05) is 17.3 Å². The van der Waals surface area contributed by atoms with Gasteiger partial charge in [0.15, 0.2) is 5.76 Å². The molecule has 4 aromatic rings. The fourth-order valence-electron chi connectivity index (χ4n) is 3.73. The third-order valence-electron chi connectivity index (χ3n) is 5.61. The average molecular weight is 457 g/mol. The number of hydrogen-bond acceptors (Lipinski definition) is 5. The van der Waals surface area contributed by atoms with Gasteiger partial charge in [-0.05, 0) is 54.8 Å². The van der Waals surface area contributed by atoms with Gasteiger partial charge in [-0.15, -0.1) is 0 Å². The van der Waals surface area contributed by atoms with E-state index in [1.54, 1.807) is 32.5 Å². The molecule has 0 aliphatic carbocycles. The number of carbonyl (C=O) groups excluding carboxylic acids is 1. The van der Waals surface area contributed by atoms with Gasteiger partial charge in [-0.25, -0.2) is 4.98 Å². The van der Waals surface area contributed by atoms with E-state index in [2.05, 4.69) is 29.4 Å². The van der Waals surface area contributed by atoms with E-state index in [0.29, 0.717) is 34.3 Å². The zero-order chi connectivity index (χ0) is 23.9. The maximum atomic E-state index is 13.1. The predicted octanol–water partition coefficient (Wildman–Crippen LogP) is 6.62. The van der Waals surface area contributed by atoms with Crippen LogP contribution in [0.3, 0.4) is 0 Å². The minimum atomic E-state index is -0.223. The fraction of sp³-hybridized carbons (Fsp3) is 0.214. The lowest BCUT2D eigenvalue weighted by atomic mass is 10.1. The van der Waals surface area contributed by atoms with Gasteiger partial charge in [-0.2, -0.15) is 0 Å². The van der Waals surface area contributed by atoms with Gasteiger partial charge in [0.1, 0.15) is 11.5 Å². The molecule has 34 heavy (non-hydrogen) atoms. The van der Waals surface area contributed by atoms with Gasteiger partial charge in [-0.1, -0.05) is 37.6 Å². The van der Waals surface area contributed by atoms with Crippen LogP contribution in [0.25, 0.3) is 22.8 Å². The minimum absolute atomic E-state index is 0.223. The van der Waals surface area contributed by atoms with E-state index >= 15 is 0 Å². The zero-order valence-electron chi connectivity index (χ0n) is 19.6. The SMILES string of the molecule is CCCCc1ccc(NC(=O)c2ccccc2-c2ncc(-c3ccc(OC)cc3OC)o2)cc1. The van der Waals surface area contributed by atoms with Crippen molar-refractivity contribution in [3.05, 3.63) is 84.1 Å². The van der Waals surface area contributed by atoms with Crippen molar-refractivity contribution in [1.29, 1.82) is 0 Å². The molecule has 3 aromatic carbocycles. The van der Waals surface area contributed by atoms with Crippen molar-refractivity contribution in [2.45, 2.75) is 26.2 Å². The minimum Gasteiger partial charge on any atom is -0.497 e. The number of aryl methyl sites for hydroxylation is 1. The first-order valence-electron chi connectivity index (χ1n) is 11.3. The molecule has 6 nitrogen and oxygen atoms in total. The first-order valence-corrected chi connectivity index (χ1v) is 11.3. The number of carbonyl (C=O) groups is 1. The highest BCUT2D eigenvalue weighted by molar-refractivity contribution is 6.08. The molecular weight excluding hydrogens is 428 g/mol. The summed E-state index contributed by atoms with van der Waals surface area (Å²) >= 11 is 0. The monoisotopic (exact) mass is 456 g/mol. The van der Waals surface area contributed by atoms with Gasteiger partial charge >= 0.3 is 0 Å². The Labute approximate surface area is 199 Å². The third kappa shape index (κ3) is 5.12. The predicted molar refractivity (Wildman–Crippen MR) is 133 cm³/mol. The van der Waals surface area contributed by atoms with Crippen molar-refractivity contribution in [2.75, 3.05) is 19.5 Å². The number of methoxy groups -OCH3 is 2. The van der Waals surface area contributed by atoms with E-state index in [4.69, 9.17) is 13.9 Å². The second-order valence-corrected chi connectivity index (χ2v) is 7.90. The number of nitrogens with zero attached hydrogens (tertiary/aromatic N) is 1. The fourth-order valence-corrected chi connectivity index (χ4v) is 3.73. The molecule has 0 saturated heterocycles. The maximum absolute atomic E-state index is 13.1. The number of unbranched alkanes of at least 4 members (excludes halogenated alkanes) is 1. The summed E-state index contributed by atoms with van der Waals surface area (Å²) in [6, 6.07) is 20.7. The van der Waals surface area contributed by atoms with Crippen LogP contribution in [0.15, 0.2) is 77.3 Å². The number of nitrogens with one attached hydrogen (secondary N) is 1. The third-order valence-corrected chi connectivity index (χ3v) is 5.61. The Balaban J connectivity index is 1.57.